The van der Waals surface area contributed by atoms with Gasteiger partial charge in [-0.3, -0.25) is 15.0 Å². The van der Waals surface area contributed by atoms with Crippen LogP contribution in [0.2, 0.25) is 0 Å². The molecule has 4 aromatic carbocycles. The fourth-order valence-corrected chi connectivity index (χ4v) is 5.42. The van der Waals surface area contributed by atoms with Gasteiger partial charge in [-0.2, -0.15) is 23.4 Å². The third-order valence-electron chi connectivity index (χ3n) is 7.94. The number of anilines is 3. The lowest BCUT2D eigenvalue weighted by molar-refractivity contribution is -0.384. The number of hydrogen-bond acceptors (Lipinski definition) is 10. The highest BCUT2D eigenvalue weighted by Gasteiger charge is 2.40. The zero-order valence-electron chi connectivity index (χ0n) is 27.3. The van der Waals surface area contributed by atoms with Crippen molar-refractivity contribution in [1.29, 1.82) is 5.26 Å². The molecular weight excluding hydrogens is 697 g/mol. The number of allylic oxidation sites excluding steroid dienone is 2. The van der Waals surface area contributed by atoms with Crippen LogP contribution in [0.5, 0.6) is 5.75 Å². The van der Waals surface area contributed by atoms with Crippen LogP contribution in [0.4, 0.5) is 46.0 Å². The minimum Gasteiger partial charge on any atom is -0.444 e. The molecule has 0 saturated heterocycles. The fraction of sp³-hybridized carbons (Fsp3) is 0.111. The normalized spacial score (nSPS) is 13.7. The molecule has 0 saturated carbocycles. The van der Waals surface area contributed by atoms with E-state index in [4.69, 9.17) is 16.0 Å². The van der Waals surface area contributed by atoms with Crippen molar-refractivity contribution in [3.05, 3.63) is 158 Å². The number of halogens is 3. The summed E-state index contributed by atoms with van der Waals surface area (Å²) in [6.07, 6.45) is -7.42. The fourth-order valence-electron chi connectivity index (χ4n) is 5.42. The Morgan fingerprint density at radius 1 is 1.02 bits per heavy atom. The topological polar surface area (TPSA) is 161 Å². The number of non-ortho nitro benzene ring substituents is 1. The van der Waals surface area contributed by atoms with Crippen LogP contribution in [0.15, 0.2) is 115 Å². The first-order valence-corrected chi connectivity index (χ1v) is 15.4. The number of imide groups is 1. The SMILES string of the molecule is [C-]#[N+]C1=C(C)N(c2cccc(C(F)(F)F)c2)c2nc(N(C(=O)OCc3ccccc3)C(=O)Oc3ccc([N+](=O)[O-])cc3)nn2[C@@H]1c1ccc(C#N)cc1. The van der Waals surface area contributed by atoms with Crippen molar-refractivity contribution in [2.24, 2.45) is 0 Å². The Kier molecular flexibility index (Phi) is 9.57. The van der Waals surface area contributed by atoms with Crippen molar-refractivity contribution in [3.63, 3.8) is 0 Å². The number of nitrogens with zero attached hydrogens (tertiary/aromatic N) is 8. The first kappa shape index (κ1) is 35.3. The maximum Gasteiger partial charge on any atom is 0.432 e. The van der Waals surface area contributed by atoms with Gasteiger partial charge < -0.3 is 9.47 Å². The summed E-state index contributed by atoms with van der Waals surface area (Å²) in [6, 6.07) is 24.1. The predicted octanol–water partition coefficient (Wildman–Crippen LogP) is 8.31. The molecule has 0 spiro atoms. The molecule has 2 heterocycles. The lowest BCUT2D eigenvalue weighted by Crippen LogP contribution is -2.40. The van der Waals surface area contributed by atoms with Gasteiger partial charge in [-0.25, -0.2) is 19.1 Å². The third-order valence-corrected chi connectivity index (χ3v) is 7.94. The van der Waals surface area contributed by atoms with Crippen LogP contribution in [0.25, 0.3) is 4.85 Å². The molecule has 0 fully saturated rings. The molecule has 53 heavy (non-hydrogen) atoms. The molecule has 5 aromatic rings. The van der Waals surface area contributed by atoms with Crippen molar-refractivity contribution in [1.82, 2.24) is 14.8 Å². The molecule has 1 aliphatic rings. The maximum atomic E-state index is 13.9. The van der Waals surface area contributed by atoms with E-state index in [-0.39, 0.29) is 41.1 Å². The first-order valence-electron chi connectivity index (χ1n) is 15.4. The predicted molar refractivity (Wildman–Crippen MR) is 180 cm³/mol. The summed E-state index contributed by atoms with van der Waals surface area (Å²) in [5.41, 5.74) is 0.0844. The molecule has 0 aliphatic carbocycles. The van der Waals surface area contributed by atoms with Gasteiger partial charge in [0.05, 0.1) is 28.7 Å². The highest BCUT2D eigenvalue weighted by atomic mass is 19.4. The second-order valence-corrected chi connectivity index (χ2v) is 11.3. The first-order chi connectivity index (χ1) is 25.4. The van der Waals surface area contributed by atoms with E-state index in [1.54, 1.807) is 42.5 Å². The molecule has 14 nitrogen and oxygen atoms in total. The Morgan fingerprint density at radius 2 is 1.72 bits per heavy atom. The number of alkyl halides is 3. The molecular formula is C36H23F3N8O6. The molecule has 6 rings (SSSR count). The van der Waals surface area contributed by atoms with E-state index in [1.165, 1.54) is 36.1 Å². The van der Waals surface area contributed by atoms with Crippen LogP contribution in [0.3, 0.4) is 0 Å². The number of nitro benzene ring substituents is 1. The summed E-state index contributed by atoms with van der Waals surface area (Å²) >= 11 is 0. The number of benzene rings is 4. The lowest BCUT2D eigenvalue weighted by atomic mass is 9.99. The van der Waals surface area contributed by atoms with Crippen LogP contribution < -0.4 is 14.5 Å². The van der Waals surface area contributed by atoms with Crippen LogP contribution >= 0.6 is 0 Å². The van der Waals surface area contributed by atoms with Crippen LogP contribution in [-0.4, -0.2) is 31.9 Å². The van der Waals surface area contributed by atoms with E-state index < -0.39 is 40.8 Å². The van der Waals surface area contributed by atoms with Crippen molar-refractivity contribution in [3.8, 4) is 11.8 Å². The maximum absolute atomic E-state index is 13.9. The summed E-state index contributed by atoms with van der Waals surface area (Å²) < 4.78 is 53.6. The number of nitro groups is 1. The van der Waals surface area contributed by atoms with E-state index in [0.29, 0.717) is 21.6 Å². The smallest absolute Gasteiger partial charge is 0.432 e. The van der Waals surface area contributed by atoms with Crippen LogP contribution in [0, 0.1) is 28.0 Å². The zero-order valence-corrected chi connectivity index (χ0v) is 27.3. The summed E-state index contributed by atoms with van der Waals surface area (Å²) in [4.78, 5) is 47.7. The summed E-state index contributed by atoms with van der Waals surface area (Å²) in [7, 11) is 0. The summed E-state index contributed by atoms with van der Waals surface area (Å²) in [6.45, 7) is 9.29. The number of carbonyl (C=O) groups is 2. The Labute approximate surface area is 298 Å². The average Bonchev–Trinajstić information content (AvgIpc) is 3.57. The average molecular weight is 721 g/mol. The largest absolute Gasteiger partial charge is 0.444 e. The molecule has 0 unspecified atom stereocenters. The number of ether oxygens (including phenoxy) is 2. The number of amides is 2. The molecule has 0 N–H and O–H groups in total. The van der Waals surface area contributed by atoms with E-state index in [9.17, 15) is 38.1 Å². The Balaban J connectivity index is 1.50. The van der Waals surface area contributed by atoms with E-state index in [1.807, 2.05) is 6.07 Å². The van der Waals surface area contributed by atoms with Crippen molar-refractivity contribution in [2.75, 3.05) is 9.80 Å². The van der Waals surface area contributed by atoms with Crippen LogP contribution in [-0.2, 0) is 17.5 Å². The van der Waals surface area contributed by atoms with Gasteiger partial charge in [-0.15, -0.1) is 10.00 Å². The molecule has 264 valence electrons. The molecule has 1 aliphatic heterocycles. The third kappa shape index (κ3) is 7.21. The van der Waals surface area contributed by atoms with Crippen molar-refractivity contribution < 1.29 is 37.2 Å². The van der Waals surface area contributed by atoms with Gasteiger partial charge in [0.2, 0.25) is 11.6 Å². The molecule has 1 aromatic heterocycles. The Hall–Kier alpha value is -7.53. The highest BCUT2D eigenvalue weighted by Crippen LogP contribution is 2.44. The van der Waals surface area contributed by atoms with Gasteiger partial charge in [0.15, 0.2) is 0 Å². The second-order valence-electron chi connectivity index (χ2n) is 11.3. The number of nitriles is 1. The Bertz CT molecular complexity index is 2330. The van der Waals surface area contributed by atoms with Crippen LogP contribution in [0.1, 0.15) is 35.2 Å². The van der Waals surface area contributed by atoms with Gasteiger partial charge in [-0.1, -0.05) is 48.5 Å². The number of fused-ring (bicyclic) bond motifs is 1. The van der Waals surface area contributed by atoms with Gasteiger partial charge in [0, 0.05) is 23.5 Å². The monoisotopic (exact) mass is 720 g/mol. The van der Waals surface area contributed by atoms with Gasteiger partial charge in [0.1, 0.15) is 18.4 Å². The molecule has 0 bridgehead atoms. The van der Waals surface area contributed by atoms with E-state index >= 15 is 0 Å². The number of hydrogen-bond donors (Lipinski definition) is 0. The van der Waals surface area contributed by atoms with Crippen molar-refractivity contribution >= 4 is 35.5 Å². The van der Waals surface area contributed by atoms with Gasteiger partial charge >= 0.3 is 18.4 Å². The number of rotatable bonds is 7. The number of carbonyl (C=O) groups excluding carboxylic acids is 2. The Morgan fingerprint density at radius 3 is 2.34 bits per heavy atom. The minimum atomic E-state index is -4.73. The van der Waals surface area contributed by atoms with Gasteiger partial charge in [0.25, 0.3) is 11.6 Å². The lowest BCUT2D eigenvalue weighted by Gasteiger charge is -2.34. The van der Waals surface area contributed by atoms with E-state index in [2.05, 4.69) is 14.9 Å². The minimum absolute atomic E-state index is 0.00253. The molecule has 0 radical (unpaired) electrons. The van der Waals surface area contributed by atoms with E-state index in [0.717, 1.165) is 41.1 Å². The number of aromatic nitrogens is 3. The standard InChI is InChI=1S/C36H23F3N8O6/c1-22-30(41-2)31(25-13-11-23(20-40)12-14-25)46-33(44(22)28-10-6-9-26(19-28)36(37,38)39)42-32(43-46)45(34(48)52-21-24-7-4-3-5-8-24)35(49)53-29-17-15-27(16-18-29)47(50)51/h3-19,31H,21H2,1H3/t31-/m1/s1. The van der Waals surface area contributed by atoms with Gasteiger partial charge in [-0.05, 0) is 60.5 Å². The summed E-state index contributed by atoms with van der Waals surface area (Å²) in [5, 5.41) is 24.9. The quantitative estimate of drug-likeness (QED) is 0.0908. The molecule has 1 atom stereocenters. The van der Waals surface area contributed by atoms with Crippen molar-refractivity contribution in [2.45, 2.75) is 25.7 Å². The summed E-state index contributed by atoms with van der Waals surface area (Å²) in [5.74, 6) is -1.03. The molecule has 17 heteroatoms. The second kappa shape index (κ2) is 14.4. The zero-order chi connectivity index (χ0) is 37.9. The highest BCUT2D eigenvalue weighted by molar-refractivity contribution is 6.08. The molecule has 2 amide bonds.